The van der Waals surface area contributed by atoms with E-state index in [9.17, 15) is 38.7 Å². The molecule has 0 radical (unpaired) electrons. The number of carbonyl (C=O) groups excluding carboxylic acids is 5. The highest BCUT2D eigenvalue weighted by molar-refractivity contribution is 7.09. The lowest BCUT2D eigenvalue weighted by Crippen LogP contribution is -2.58. The summed E-state index contributed by atoms with van der Waals surface area (Å²) in [5, 5.41) is 33.9. The number of aromatic nitrogens is 1. The number of hydroxylamine groups is 2. The standard InChI is InChI=1S/C48H75N7O11S/c1-11-13-24-65-55(46(62)41(30(5)12-2)53-44(61)37-16-14-15-23-54(37)10)38(29(3)4)26-39(66-31(6)56)45-52-36(28-67-45)43(60)51-34(27-48(7,8)47(63)64)25-32-17-19-33(20-18-32)50-42(59)35(49-9)21-22-40(57)58/h17-20,28-30,34-35,37-39,41,49H,11-16,21-27H2,1-10H3,(H,50,59)(H,51,60)(H,53,61)(H,57,58)(H,63,64)/t30-,34-,35+,37+,38+,39+,41-/m0/s1. The van der Waals surface area contributed by atoms with Gasteiger partial charge in [-0.1, -0.05) is 66.0 Å². The van der Waals surface area contributed by atoms with Crippen molar-refractivity contribution in [1.29, 1.82) is 0 Å². The Morgan fingerprint density at radius 3 is 2.27 bits per heavy atom. The smallest absolute Gasteiger partial charge is 0.309 e. The van der Waals surface area contributed by atoms with E-state index in [0.717, 1.165) is 42.7 Å². The van der Waals surface area contributed by atoms with Crippen molar-refractivity contribution >= 4 is 58.6 Å². The first-order chi connectivity index (χ1) is 31.6. The SMILES string of the molecule is CCCCON(C(=O)[C@@H](NC(=O)[C@H]1CCCCN1C)[C@@H](C)CC)[C@H](C[C@@H](OC(C)=O)c1nc(C(=O)N[C@@H](Cc2ccc(NC(=O)[C@@H](CCC(=O)O)NC)cc2)CC(C)(C)C(=O)O)cs1)C(C)C. The number of carboxylic acids is 2. The fraction of sp³-hybridized carbons (Fsp3) is 0.667. The van der Waals surface area contributed by atoms with Crippen LogP contribution >= 0.6 is 11.3 Å². The zero-order valence-corrected chi connectivity index (χ0v) is 41.8. The molecule has 7 atom stereocenters. The number of nitrogens with zero attached hydrogens (tertiary/aromatic N) is 3. The molecule has 3 rings (SSSR count). The Morgan fingerprint density at radius 1 is 1.01 bits per heavy atom. The lowest BCUT2D eigenvalue weighted by Gasteiger charge is -2.39. The Hall–Kier alpha value is -4.98. The summed E-state index contributed by atoms with van der Waals surface area (Å²) in [6.07, 6.45) is 4.01. The Kier molecular flexibility index (Phi) is 22.8. The second kappa shape index (κ2) is 27.1. The number of thiazole rings is 1. The molecular weight excluding hydrogens is 883 g/mol. The third-order valence-corrected chi connectivity index (χ3v) is 13.3. The van der Waals surface area contributed by atoms with Crippen LogP contribution < -0.4 is 21.3 Å². The molecule has 0 bridgehead atoms. The van der Waals surface area contributed by atoms with Crippen LogP contribution in [0.2, 0.25) is 0 Å². The summed E-state index contributed by atoms with van der Waals surface area (Å²) >= 11 is 1.11. The second-order valence-electron chi connectivity index (χ2n) is 18.7. The fourth-order valence-electron chi connectivity index (χ4n) is 7.95. The van der Waals surface area contributed by atoms with E-state index >= 15 is 0 Å². The number of rotatable bonds is 28. The third-order valence-electron chi connectivity index (χ3n) is 12.3. The number of anilines is 1. The maximum absolute atomic E-state index is 14.8. The van der Waals surface area contributed by atoms with Gasteiger partial charge >= 0.3 is 17.9 Å². The normalized spacial score (nSPS) is 17.0. The van der Waals surface area contributed by atoms with Gasteiger partial charge in [0.05, 0.1) is 30.1 Å². The molecule has 1 fully saturated rings. The van der Waals surface area contributed by atoms with Gasteiger partial charge in [-0.25, -0.2) is 10.0 Å². The highest BCUT2D eigenvalue weighted by atomic mass is 32.1. The van der Waals surface area contributed by atoms with Crippen molar-refractivity contribution in [2.75, 3.05) is 32.6 Å². The molecule has 2 aromatic rings. The number of ether oxygens (including phenoxy) is 1. The van der Waals surface area contributed by atoms with Gasteiger partial charge in [0.2, 0.25) is 11.8 Å². The summed E-state index contributed by atoms with van der Waals surface area (Å²) in [5.74, 6) is -4.68. The molecular formula is C48H75N7O11S. The van der Waals surface area contributed by atoms with Gasteiger partial charge in [0.25, 0.3) is 11.8 Å². The number of esters is 1. The summed E-state index contributed by atoms with van der Waals surface area (Å²) < 4.78 is 5.87. The van der Waals surface area contributed by atoms with Crippen LogP contribution in [0, 0.1) is 17.3 Å². The highest BCUT2D eigenvalue weighted by Crippen LogP contribution is 2.32. The van der Waals surface area contributed by atoms with Crippen molar-refractivity contribution in [3.63, 3.8) is 0 Å². The van der Waals surface area contributed by atoms with Crippen LogP contribution in [0.3, 0.4) is 0 Å². The number of carbonyl (C=O) groups is 7. The van der Waals surface area contributed by atoms with Crippen LogP contribution in [-0.4, -0.2) is 124 Å². The van der Waals surface area contributed by atoms with Gasteiger partial charge in [-0.15, -0.1) is 11.3 Å². The van der Waals surface area contributed by atoms with Crippen molar-refractivity contribution in [1.82, 2.24) is 30.9 Å². The van der Waals surface area contributed by atoms with E-state index in [0.29, 0.717) is 30.0 Å². The number of unbranched alkanes of at least 4 members (excludes halogenated alkanes) is 1. The van der Waals surface area contributed by atoms with Crippen LogP contribution in [0.25, 0.3) is 0 Å². The number of likely N-dealkylation sites (N-methyl/N-ethyl adjacent to an activating group) is 2. The largest absolute Gasteiger partial charge is 0.481 e. The van der Waals surface area contributed by atoms with E-state index in [-0.39, 0.29) is 68.2 Å². The summed E-state index contributed by atoms with van der Waals surface area (Å²) in [6.45, 7) is 15.2. The molecule has 374 valence electrons. The number of nitrogens with one attached hydrogen (secondary N) is 4. The van der Waals surface area contributed by atoms with Crippen molar-refractivity contribution < 1.29 is 53.3 Å². The summed E-state index contributed by atoms with van der Waals surface area (Å²) in [7, 11) is 3.49. The molecule has 18 nitrogen and oxygen atoms in total. The predicted octanol–water partition coefficient (Wildman–Crippen LogP) is 5.97. The molecule has 1 saturated heterocycles. The van der Waals surface area contributed by atoms with Crippen LogP contribution in [0.4, 0.5) is 5.69 Å². The van der Waals surface area contributed by atoms with E-state index in [4.69, 9.17) is 14.7 Å². The fourth-order valence-corrected chi connectivity index (χ4v) is 8.79. The first-order valence-corrected chi connectivity index (χ1v) is 24.4. The summed E-state index contributed by atoms with van der Waals surface area (Å²) in [6, 6.07) is 3.55. The van der Waals surface area contributed by atoms with E-state index in [1.165, 1.54) is 17.4 Å². The molecule has 2 heterocycles. The van der Waals surface area contributed by atoms with Gasteiger partial charge in [0.1, 0.15) is 16.7 Å². The first kappa shape index (κ1) is 56.3. The molecule has 19 heteroatoms. The summed E-state index contributed by atoms with van der Waals surface area (Å²) in [5.41, 5.74) is 0.00822. The molecule has 6 N–H and O–H groups in total. The van der Waals surface area contributed by atoms with Gasteiger partial charge in [-0.05, 0) is 103 Å². The maximum atomic E-state index is 14.8. The average molecular weight is 958 g/mol. The van der Waals surface area contributed by atoms with Crippen LogP contribution in [0.1, 0.15) is 147 Å². The molecule has 67 heavy (non-hydrogen) atoms. The zero-order chi connectivity index (χ0) is 50.0. The van der Waals surface area contributed by atoms with Crippen molar-refractivity contribution in [3.05, 3.63) is 45.9 Å². The van der Waals surface area contributed by atoms with Gasteiger partial charge in [-0.2, -0.15) is 0 Å². The Balaban J connectivity index is 1.90. The second-order valence-corrected chi connectivity index (χ2v) is 19.5. The van der Waals surface area contributed by atoms with Crippen LogP contribution in [-0.2, 0) is 44.8 Å². The molecule has 4 amide bonds. The lowest BCUT2D eigenvalue weighted by atomic mass is 9.84. The highest BCUT2D eigenvalue weighted by Gasteiger charge is 2.40. The molecule has 1 aliphatic rings. The van der Waals surface area contributed by atoms with Crippen molar-refractivity contribution in [2.24, 2.45) is 17.3 Å². The molecule has 1 aromatic carbocycles. The van der Waals surface area contributed by atoms with E-state index in [2.05, 4.69) is 26.3 Å². The van der Waals surface area contributed by atoms with Crippen molar-refractivity contribution in [3.8, 4) is 0 Å². The van der Waals surface area contributed by atoms with Gasteiger partial charge in [0.15, 0.2) is 6.10 Å². The number of amides is 4. The van der Waals surface area contributed by atoms with Gasteiger partial charge < -0.3 is 36.2 Å². The minimum Gasteiger partial charge on any atom is -0.481 e. The molecule has 0 saturated carbocycles. The van der Waals surface area contributed by atoms with Gasteiger partial charge in [-0.3, -0.25) is 43.3 Å². The number of piperidine rings is 1. The first-order valence-electron chi connectivity index (χ1n) is 23.5. The quantitative estimate of drug-likeness (QED) is 0.0327. The monoisotopic (exact) mass is 958 g/mol. The minimum absolute atomic E-state index is 0.0239. The van der Waals surface area contributed by atoms with Crippen LogP contribution in [0.15, 0.2) is 29.6 Å². The number of aliphatic carboxylic acids is 2. The van der Waals surface area contributed by atoms with E-state index in [1.807, 2.05) is 46.6 Å². The molecule has 1 aromatic heterocycles. The molecule has 0 spiro atoms. The van der Waals surface area contributed by atoms with E-state index in [1.54, 1.807) is 45.2 Å². The van der Waals surface area contributed by atoms with Crippen molar-refractivity contribution in [2.45, 2.75) is 162 Å². The Labute approximate surface area is 399 Å². The maximum Gasteiger partial charge on any atom is 0.309 e. The minimum atomic E-state index is -1.23. The van der Waals surface area contributed by atoms with Gasteiger partial charge in [0, 0.05) is 36.9 Å². The predicted molar refractivity (Wildman–Crippen MR) is 255 cm³/mol. The topological polar surface area (TPSA) is 246 Å². The number of hydrogen-bond acceptors (Lipinski definition) is 13. The lowest BCUT2D eigenvalue weighted by molar-refractivity contribution is -0.213. The number of carboxylic acid groups (broad SMARTS) is 2. The summed E-state index contributed by atoms with van der Waals surface area (Å²) in [4.78, 5) is 104. The number of benzene rings is 1. The molecule has 1 aliphatic heterocycles. The van der Waals surface area contributed by atoms with E-state index < -0.39 is 71.3 Å². The molecule has 0 unspecified atom stereocenters. The Morgan fingerprint density at radius 2 is 1.70 bits per heavy atom. The Bertz CT molecular complexity index is 1960. The molecule has 0 aliphatic carbocycles. The number of hydrogen-bond donors (Lipinski definition) is 6. The average Bonchev–Trinajstić information content (AvgIpc) is 3.77. The number of likely N-dealkylation sites (tertiary alicyclic amines) is 1. The van der Waals surface area contributed by atoms with Crippen LogP contribution in [0.5, 0.6) is 0 Å². The third kappa shape index (κ3) is 17.6. The zero-order valence-electron chi connectivity index (χ0n) is 41.0.